The van der Waals surface area contributed by atoms with Gasteiger partial charge in [-0.2, -0.15) is 17.0 Å². The number of hydrogen-bond donors (Lipinski definition) is 1. The lowest BCUT2D eigenvalue weighted by molar-refractivity contribution is 0.161. The molecule has 0 aromatic heterocycles. The molecule has 0 radical (unpaired) electrons. The summed E-state index contributed by atoms with van der Waals surface area (Å²) < 4.78 is 29.0. The molecule has 5 nitrogen and oxygen atoms in total. The van der Waals surface area contributed by atoms with Crippen LogP contribution in [0.25, 0.3) is 0 Å². The first-order valence-electron chi connectivity index (χ1n) is 7.00. The zero-order valence-electron chi connectivity index (χ0n) is 12.1. The highest BCUT2D eigenvalue weighted by Gasteiger charge is 2.31. The fourth-order valence-corrected chi connectivity index (χ4v) is 4.47. The average molecular weight is 377 g/mol. The Labute approximate surface area is 134 Å². The molecule has 1 aliphatic heterocycles. The molecular formula is C14H21BrN2O3S. The molecule has 21 heavy (non-hydrogen) atoms. The lowest BCUT2D eigenvalue weighted by Gasteiger charge is -2.33. The molecule has 0 amide bonds. The van der Waals surface area contributed by atoms with Crippen LogP contribution in [0.4, 0.5) is 0 Å². The van der Waals surface area contributed by atoms with Gasteiger partial charge in [-0.15, -0.1) is 0 Å². The van der Waals surface area contributed by atoms with Gasteiger partial charge in [0.1, 0.15) is 0 Å². The van der Waals surface area contributed by atoms with Gasteiger partial charge in [0, 0.05) is 37.8 Å². The van der Waals surface area contributed by atoms with Gasteiger partial charge in [0.05, 0.1) is 0 Å². The van der Waals surface area contributed by atoms with E-state index in [1.165, 1.54) is 8.61 Å². The number of aliphatic hydroxyl groups excluding tert-OH is 1. The Hall–Kier alpha value is -0.470. The van der Waals surface area contributed by atoms with E-state index < -0.39 is 10.2 Å². The summed E-state index contributed by atoms with van der Waals surface area (Å²) in [5.41, 5.74) is 0.936. The van der Waals surface area contributed by atoms with Gasteiger partial charge in [-0.1, -0.05) is 28.1 Å². The second kappa shape index (κ2) is 7.19. The maximum Gasteiger partial charge on any atom is 0.282 e. The second-order valence-corrected chi connectivity index (χ2v) is 8.39. The summed E-state index contributed by atoms with van der Waals surface area (Å²) in [6, 6.07) is 7.62. The monoisotopic (exact) mass is 376 g/mol. The second-order valence-electron chi connectivity index (χ2n) is 5.44. The number of rotatable bonds is 5. The molecule has 1 N–H and O–H groups in total. The van der Waals surface area contributed by atoms with Gasteiger partial charge in [-0.3, -0.25) is 0 Å². The minimum Gasteiger partial charge on any atom is -0.396 e. The standard InChI is InChI=1S/C14H21BrN2O3S/c1-16(9-12-4-2-6-14(15)8-12)21(19,20)17-7-3-5-13(10-17)11-18/h2,4,6,8,13,18H,3,5,7,9-11H2,1H3. The Bertz CT molecular complexity index is 579. The van der Waals surface area contributed by atoms with Crippen LogP contribution in [0.2, 0.25) is 0 Å². The molecular weight excluding hydrogens is 356 g/mol. The molecule has 1 heterocycles. The normalized spacial score (nSPS) is 20.9. The van der Waals surface area contributed by atoms with Crippen molar-refractivity contribution < 1.29 is 13.5 Å². The van der Waals surface area contributed by atoms with Gasteiger partial charge in [0.25, 0.3) is 10.2 Å². The number of hydrogen-bond acceptors (Lipinski definition) is 3. The molecule has 0 aliphatic carbocycles. The van der Waals surface area contributed by atoms with Crippen LogP contribution >= 0.6 is 15.9 Å². The van der Waals surface area contributed by atoms with Crippen LogP contribution in [0.1, 0.15) is 18.4 Å². The summed E-state index contributed by atoms with van der Waals surface area (Å²) in [5, 5.41) is 9.24. The van der Waals surface area contributed by atoms with Crippen molar-refractivity contribution in [1.29, 1.82) is 0 Å². The quantitative estimate of drug-likeness (QED) is 0.852. The van der Waals surface area contributed by atoms with Crippen LogP contribution in [-0.2, 0) is 16.8 Å². The highest BCUT2D eigenvalue weighted by Crippen LogP contribution is 2.21. The van der Waals surface area contributed by atoms with Crippen molar-refractivity contribution in [2.45, 2.75) is 19.4 Å². The van der Waals surface area contributed by atoms with Crippen LogP contribution < -0.4 is 0 Å². The Morgan fingerprint density at radius 1 is 1.48 bits per heavy atom. The SMILES string of the molecule is CN(Cc1cccc(Br)c1)S(=O)(=O)N1CCCC(CO)C1. The summed E-state index contributed by atoms with van der Waals surface area (Å²) in [6.07, 6.45) is 1.69. The zero-order valence-corrected chi connectivity index (χ0v) is 14.5. The summed E-state index contributed by atoms with van der Waals surface area (Å²) >= 11 is 3.39. The minimum atomic E-state index is -3.48. The number of aliphatic hydroxyl groups is 1. The first-order valence-corrected chi connectivity index (χ1v) is 9.19. The molecule has 1 aliphatic rings. The molecule has 1 saturated heterocycles. The van der Waals surface area contributed by atoms with Gasteiger partial charge in [0.15, 0.2) is 0 Å². The number of halogens is 1. The predicted octanol–water partition coefficient (Wildman–Crippen LogP) is 1.83. The molecule has 7 heteroatoms. The van der Waals surface area contributed by atoms with Gasteiger partial charge >= 0.3 is 0 Å². The van der Waals surface area contributed by atoms with Crippen LogP contribution in [0.15, 0.2) is 28.7 Å². The van der Waals surface area contributed by atoms with Crippen LogP contribution in [0, 0.1) is 5.92 Å². The maximum atomic E-state index is 12.6. The number of nitrogens with zero attached hydrogens (tertiary/aromatic N) is 2. The smallest absolute Gasteiger partial charge is 0.282 e. The van der Waals surface area contributed by atoms with E-state index in [-0.39, 0.29) is 12.5 Å². The highest BCUT2D eigenvalue weighted by molar-refractivity contribution is 9.10. The van der Waals surface area contributed by atoms with Crippen molar-refractivity contribution in [2.75, 3.05) is 26.7 Å². The Morgan fingerprint density at radius 2 is 2.24 bits per heavy atom. The van der Waals surface area contributed by atoms with Gasteiger partial charge in [0.2, 0.25) is 0 Å². The summed E-state index contributed by atoms with van der Waals surface area (Å²) in [4.78, 5) is 0. The Morgan fingerprint density at radius 3 is 2.90 bits per heavy atom. The van der Waals surface area contributed by atoms with E-state index in [1.807, 2.05) is 24.3 Å². The van der Waals surface area contributed by atoms with E-state index in [0.717, 1.165) is 22.9 Å². The lowest BCUT2D eigenvalue weighted by atomic mass is 10.0. The summed E-state index contributed by atoms with van der Waals surface area (Å²) in [6.45, 7) is 1.31. The predicted molar refractivity (Wildman–Crippen MR) is 85.9 cm³/mol. The van der Waals surface area contributed by atoms with Gasteiger partial charge in [-0.05, 0) is 36.5 Å². The van der Waals surface area contributed by atoms with E-state index in [2.05, 4.69) is 15.9 Å². The van der Waals surface area contributed by atoms with Crippen LogP contribution in [0.3, 0.4) is 0 Å². The van der Waals surface area contributed by atoms with E-state index >= 15 is 0 Å². The first-order chi connectivity index (χ1) is 9.93. The van der Waals surface area contributed by atoms with E-state index in [1.54, 1.807) is 7.05 Å². The molecule has 1 aromatic carbocycles. The third kappa shape index (κ3) is 4.26. The van der Waals surface area contributed by atoms with Crippen LogP contribution in [-0.4, -0.2) is 48.9 Å². The lowest BCUT2D eigenvalue weighted by Crippen LogP contribution is -2.47. The molecule has 1 fully saturated rings. The van der Waals surface area contributed by atoms with E-state index in [4.69, 9.17) is 0 Å². The largest absolute Gasteiger partial charge is 0.396 e. The first kappa shape index (κ1) is 16.9. The fraction of sp³-hybridized carbons (Fsp3) is 0.571. The van der Waals surface area contributed by atoms with Crippen molar-refractivity contribution in [3.05, 3.63) is 34.3 Å². The van der Waals surface area contributed by atoms with Gasteiger partial charge in [-0.25, -0.2) is 0 Å². The molecule has 0 bridgehead atoms. The molecule has 1 aromatic rings. The Kier molecular flexibility index (Phi) is 5.79. The zero-order chi connectivity index (χ0) is 15.5. The van der Waals surface area contributed by atoms with Crippen LogP contribution in [0.5, 0.6) is 0 Å². The maximum absolute atomic E-state index is 12.6. The fourth-order valence-electron chi connectivity index (χ4n) is 2.56. The topological polar surface area (TPSA) is 60.9 Å². The number of piperidine rings is 1. The van der Waals surface area contributed by atoms with E-state index in [0.29, 0.717) is 19.6 Å². The third-order valence-electron chi connectivity index (χ3n) is 3.75. The third-order valence-corrected chi connectivity index (χ3v) is 6.15. The van der Waals surface area contributed by atoms with Crippen molar-refractivity contribution in [1.82, 2.24) is 8.61 Å². The van der Waals surface area contributed by atoms with Crippen molar-refractivity contribution >= 4 is 26.1 Å². The van der Waals surface area contributed by atoms with Crippen molar-refractivity contribution in [3.8, 4) is 0 Å². The summed E-state index contributed by atoms with van der Waals surface area (Å²) in [7, 11) is -1.88. The molecule has 1 atom stereocenters. The molecule has 118 valence electrons. The Balaban J connectivity index is 2.07. The van der Waals surface area contributed by atoms with Crippen molar-refractivity contribution in [2.24, 2.45) is 5.92 Å². The molecule has 1 unspecified atom stereocenters. The number of benzene rings is 1. The average Bonchev–Trinajstić information content (AvgIpc) is 2.47. The molecule has 2 rings (SSSR count). The van der Waals surface area contributed by atoms with E-state index in [9.17, 15) is 13.5 Å². The molecule has 0 spiro atoms. The van der Waals surface area contributed by atoms with Gasteiger partial charge < -0.3 is 5.11 Å². The highest BCUT2D eigenvalue weighted by atomic mass is 79.9. The van der Waals surface area contributed by atoms with Crippen molar-refractivity contribution in [3.63, 3.8) is 0 Å². The molecule has 0 saturated carbocycles. The summed E-state index contributed by atoms with van der Waals surface area (Å²) in [5.74, 6) is 0.0489. The minimum absolute atomic E-state index is 0.0430.